The minimum Gasteiger partial charge on any atom is -0.326 e. The van der Waals surface area contributed by atoms with Crippen molar-refractivity contribution in [2.45, 2.75) is 30.6 Å². The van der Waals surface area contributed by atoms with Crippen LogP contribution in [0.5, 0.6) is 0 Å². The van der Waals surface area contributed by atoms with Gasteiger partial charge in [-0.2, -0.15) is 0 Å². The predicted molar refractivity (Wildman–Crippen MR) is 75.3 cm³/mol. The summed E-state index contributed by atoms with van der Waals surface area (Å²) in [6.07, 6.45) is 0. The molecule has 1 unspecified atom stereocenters. The molecule has 1 heterocycles. The molecule has 0 aliphatic rings. The van der Waals surface area contributed by atoms with E-state index in [1.54, 1.807) is 6.07 Å². The highest BCUT2D eigenvalue weighted by Gasteiger charge is 2.19. The van der Waals surface area contributed by atoms with Gasteiger partial charge in [0.25, 0.3) is 0 Å². The lowest BCUT2D eigenvalue weighted by Crippen LogP contribution is -2.37. The standard InChI is InChI=1S/C11H21N3O2S2/c1-8-5-11(17-10(8)6-12)18(15,16)13-7-9(2)14(3)4/h5,9,13H,6-7,12H2,1-4H3. The van der Waals surface area contributed by atoms with Crippen LogP contribution in [0.15, 0.2) is 10.3 Å². The van der Waals surface area contributed by atoms with E-state index in [1.165, 1.54) is 11.3 Å². The number of aryl methyl sites for hydroxylation is 1. The van der Waals surface area contributed by atoms with Crippen LogP contribution in [0, 0.1) is 6.92 Å². The van der Waals surface area contributed by atoms with E-state index in [1.807, 2.05) is 32.8 Å². The fourth-order valence-electron chi connectivity index (χ4n) is 1.31. The number of hydrogen-bond acceptors (Lipinski definition) is 5. The number of thiophene rings is 1. The predicted octanol–water partition coefficient (Wildman–Crippen LogP) is 0.744. The highest BCUT2D eigenvalue weighted by Crippen LogP contribution is 2.25. The van der Waals surface area contributed by atoms with Crippen molar-refractivity contribution in [1.29, 1.82) is 0 Å². The summed E-state index contributed by atoms with van der Waals surface area (Å²) in [6, 6.07) is 1.82. The molecule has 1 rings (SSSR count). The maximum atomic E-state index is 12.1. The first kappa shape index (κ1) is 15.6. The largest absolute Gasteiger partial charge is 0.326 e. The minimum atomic E-state index is -3.41. The summed E-state index contributed by atoms with van der Waals surface area (Å²) in [7, 11) is 0.421. The summed E-state index contributed by atoms with van der Waals surface area (Å²) < 4.78 is 27.1. The Bertz CT molecular complexity index is 494. The number of nitrogens with two attached hydrogens (primary N) is 1. The number of likely N-dealkylation sites (N-methyl/N-ethyl adjacent to an activating group) is 1. The van der Waals surface area contributed by atoms with Gasteiger partial charge in [0, 0.05) is 24.0 Å². The van der Waals surface area contributed by atoms with Crippen molar-refractivity contribution in [2.24, 2.45) is 5.73 Å². The van der Waals surface area contributed by atoms with Gasteiger partial charge >= 0.3 is 0 Å². The maximum Gasteiger partial charge on any atom is 0.250 e. The van der Waals surface area contributed by atoms with Gasteiger partial charge < -0.3 is 10.6 Å². The molecule has 0 saturated heterocycles. The summed E-state index contributed by atoms with van der Waals surface area (Å²) in [5, 5.41) is 0. The van der Waals surface area contributed by atoms with E-state index < -0.39 is 10.0 Å². The van der Waals surface area contributed by atoms with Gasteiger partial charge in [-0.05, 0) is 39.6 Å². The summed E-state index contributed by atoms with van der Waals surface area (Å²) in [6.45, 7) is 4.61. The lowest BCUT2D eigenvalue weighted by atomic mass is 10.3. The minimum absolute atomic E-state index is 0.148. The number of sulfonamides is 1. The molecule has 0 radical (unpaired) electrons. The fraction of sp³-hybridized carbons (Fsp3) is 0.636. The molecular weight excluding hydrogens is 270 g/mol. The van der Waals surface area contributed by atoms with Gasteiger partial charge in [0.15, 0.2) is 0 Å². The fourth-order valence-corrected chi connectivity index (χ4v) is 3.94. The zero-order valence-corrected chi connectivity index (χ0v) is 12.9. The zero-order valence-electron chi connectivity index (χ0n) is 11.2. The van der Waals surface area contributed by atoms with E-state index >= 15 is 0 Å². The van der Waals surface area contributed by atoms with Crippen LogP contribution in [-0.4, -0.2) is 40.0 Å². The first-order valence-corrected chi connectivity index (χ1v) is 8.03. The Balaban J connectivity index is 2.80. The molecular formula is C11H21N3O2S2. The molecule has 18 heavy (non-hydrogen) atoms. The molecule has 0 bridgehead atoms. The smallest absolute Gasteiger partial charge is 0.250 e. The van der Waals surface area contributed by atoms with Crippen molar-refractivity contribution in [2.75, 3.05) is 20.6 Å². The molecule has 1 aromatic heterocycles. The van der Waals surface area contributed by atoms with Gasteiger partial charge in [-0.15, -0.1) is 11.3 Å². The third-order valence-corrected chi connectivity index (χ3v) is 6.06. The zero-order chi connectivity index (χ0) is 13.9. The van der Waals surface area contributed by atoms with Crippen molar-refractivity contribution < 1.29 is 8.42 Å². The molecule has 7 heteroatoms. The van der Waals surface area contributed by atoms with E-state index in [0.29, 0.717) is 17.3 Å². The molecule has 0 fully saturated rings. The van der Waals surface area contributed by atoms with Crippen LogP contribution < -0.4 is 10.5 Å². The van der Waals surface area contributed by atoms with E-state index in [4.69, 9.17) is 5.73 Å². The van der Waals surface area contributed by atoms with Gasteiger partial charge in [-0.1, -0.05) is 0 Å². The average Bonchev–Trinajstić information content (AvgIpc) is 2.68. The summed E-state index contributed by atoms with van der Waals surface area (Å²) in [4.78, 5) is 2.88. The number of hydrogen-bond donors (Lipinski definition) is 2. The summed E-state index contributed by atoms with van der Waals surface area (Å²) >= 11 is 1.24. The van der Waals surface area contributed by atoms with Gasteiger partial charge in [0.2, 0.25) is 10.0 Å². The quantitative estimate of drug-likeness (QED) is 0.811. The van der Waals surface area contributed by atoms with Crippen LogP contribution in [0.25, 0.3) is 0 Å². The molecule has 0 aliphatic carbocycles. The normalized spacial score (nSPS) is 14.1. The Morgan fingerprint density at radius 3 is 2.56 bits per heavy atom. The highest BCUT2D eigenvalue weighted by atomic mass is 32.2. The van der Waals surface area contributed by atoms with Gasteiger partial charge in [0.1, 0.15) is 4.21 Å². The molecule has 0 amide bonds. The number of rotatable bonds is 6. The van der Waals surface area contributed by atoms with E-state index in [0.717, 1.165) is 10.4 Å². The van der Waals surface area contributed by atoms with Crippen molar-refractivity contribution >= 4 is 21.4 Å². The summed E-state index contributed by atoms with van der Waals surface area (Å²) in [5.74, 6) is 0. The van der Waals surface area contributed by atoms with Crippen molar-refractivity contribution in [3.63, 3.8) is 0 Å². The lowest BCUT2D eigenvalue weighted by molar-refractivity contribution is 0.314. The monoisotopic (exact) mass is 291 g/mol. The van der Waals surface area contributed by atoms with Gasteiger partial charge in [-0.25, -0.2) is 13.1 Å². The van der Waals surface area contributed by atoms with Crippen molar-refractivity contribution in [1.82, 2.24) is 9.62 Å². The molecule has 3 N–H and O–H groups in total. The van der Waals surface area contributed by atoms with Crippen LogP contribution in [0.4, 0.5) is 0 Å². The van der Waals surface area contributed by atoms with E-state index in [9.17, 15) is 8.42 Å². The van der Waals surface area contributed by atoms with Crippen LogP contribution in [0.2, 0.25) is 0 Å². The van der Waals surface area contributed by atoms with E-state index in [2.05, 4.69) is 4.72 Å². The van der Waals surface area contributed by atoms with Crippen molar-refractivity contribution in [3.05, 3.63) is 16.5 Å². The van der Waals surface area contributed by atoms with Crippen LogP contribution in [0.3, 0.4) is 0 Å². The molecule has 104 valence electrons. The molecule has 0 spiro atoms. The average molecular weight is 291 g/mol. The second kappa shape index (κ2) is 6.12. The van der Waals surface area contributed by atoms with Gasteiger partial charge in [0.05, 0.1) is 0 Å². The molecule has 1 aromatic rings. The lowest BCUT2D eigenvalue weighted by Gasteiger charge is -2.19. The first-order chi connectivity index (χ1) is 8.27. The second-order valence-corrected chi connectivity index (χ2v) is 7.67. The van der Waals surface area contributed by atoms with Crippen LogP contribution in [0.1, 0.15) is 17.4 Å². The molecule has 1 atom stereocenters. The van der Waals surface area contributed by atoms with Crippen molar-refractivity contribution in [3.8, 4) is 0 Å². The summed E-state index contributed by atoms with van der Waals surface area (Å²) in [5.41, 5.74) is 6.49. The Kier molecular flexibility index (Phi) is 5.30. The SMILES string of the molecule is Cc1cc(S(=O)(=O)NCC(C)N(C)C)sc1CN. The Morgan fingerprint density at radius 1 is 1.50 bits per heavy atom. The number of nitrogens with one attached hydrogen (secondary N) is 1. The second-order valence-electron chi connectivity index (χ2n) is 4.54. The Morgan fingerprint density at radius 2 is 2.11 bits per heavy atom. The third kappa shape index (κ3) is 3.76. The Hall–Kier alpha value is -0.470. The van der Waals surface area contributed by atoms with E-state index in [-0.39, 0.29) is 6.04 Å². The topological polar surface area (TPSA) is 75.4 Å². The molecule has 0 aliphatic heterocycles. The Labute approximate surface area is 113 Å². The van der Waals surface area contributed by atoms with Crippen LogP contribution in [-0.2, 0) is 16.6 Å². The molecule has 5 nitrogen and oxygen atoms in total. The van der Waals surface area contributed by atoms with Crippen LogP contribution >= 0.6 is 11.3 Å². The highest BCUT2D eigenvalue weighted by molar-refractivity contribution is 7.91. The molecule has 0 saturated carbocycles. The molecule has 0 aromatic carbocycles. The third-order valence-electron chi connectivity index (χ3n) is 2.90. The maximum absolute atomic E-state index is 12.1. The first-order valence-electron chi connectivity index (χ1n) is 5.73. The van der Waals surface area contributed by atoms with Gasteiger partial charge in [-0.3, -0.25) is 0 Å². The number of nitrogens with zero attached hydrogens (tertiary/aromatic N) is 1.